The number of carbonyl (C=O) groups is 2. The molecular formula is C16H19N5O3S. The van der Waals surface area contributed by atoms with E-state index in [1.807, 2.05) is 31.2 Å². The molecule has 0 fully saturated rings. The fraction of sp³-hybridized carbons (Fsp3) is 0.250. The van der Waals surface area contributed by atoms with Gasteiger partial charge in [0.15, 0.2) is 0 Å². The highest BCUT2D eigenvalue weighted by Gasteiger charge is 2.07. The van der Waals surface area contributed by atoms with Gasteiger partial charge < -0.3 is 10.1 Å². The molecule has 132 valence electrons. The first kappa shape index (κ1) is 18.5. The van der Waals surface area contributed by atoms with Crippen LogP contribution in [0.15, 0.2) is 36.5 Å². The summed E-state index contributed by atoms with van der Waals surface area (Å²) in [5.41, 5.74) is 6.90. The lowest BCUT2D eigenvalue weighted by Gasteiger charge is -2.08. The lowest BCUT2D eigenvalue weighted by Crippen LogP contribution is -2.32. The number of nitrogens with zero attached hydrogens (tertiary/aromatic N) is 2. The van der Waals surface area contributed by atoms with Crippen LogP contribution in [0.5, 0.6) is 5.88 Å². The van der Waals surface area contributed by atoms with Crippen molar-refractivity contribution >= 4 is 35.2 Å². The number of hydrazine groups is 1. The Kier molecular flexibility index (Phi) is 7.02. The number of thioether (sulfide) groups is 1. The van der Waals surface area contributed by atoms with E-state index in [0.29, 0.717) is 5.88 Å². The van der Waals surface area contributed by atoms with Gasteiger partial charge in [0.05, 0.1) is 18.6 Å². The third kappa shape index (κ3) is 6.68. The van der Waals surface area contributed by atoms with E-state index < -0.39 is 0 Å². The second-order valence-electron chi connectivity index (χ2n) is 5.00. The minimum atomic E-state index is -0.292. The first-order valence-electron chi connectivity index (χ1n) is 7.43. The second-order valence-corrected chi connectivity index (χ2v) is 5.99. The van der Waals surface area contributed by atoms with Crippen molar-refractivity contribution in [1.82, 2.24) is 15.4 Å². The first-order chi connectivity index (χ1) is 12.1. The van der Waals surface area contributed by atoms with Crippen molar-refractivity contribution in [1.29, 1.82) is 0 Å². The number of methoxy groups -OCH3 is 1. The van der Waals surface area contributed by atoms with Gasteiger partial charge in [0.25, 0.3) is 0 Å². The molecule has 0 atom stereocenters. The Balaban J connectivity index is 1.66. The molecule has 1 aromatic carbocycles. The summed E-state index contributed by atoms with van der Waals surface area (Å²) in [6, 6.07) is 9.10. The Labute approximate surface area is 149 Å². The van der Waals surface area contributed by atoms with E-state index in [9.17, 15) is 9.59 Å². The molecule has 9 heteroatoms. The zero-order valence-electron chi connectivity index (χ0n) is 13.9. The highest BCUT2D eigenvalue weighted by molar-refractivity contribution is 8.00. The molecular weight excluding hydrogens is 342 g/mol. The number of ether oxygens (including phenoxy) is 1. The van der Waals surface area contributed by atoms with Crippen LogP contribution in [-0.2, 0) is 9.59 Å². The van der Waals surface area contributed by atoms with Gasteiger partial charge in [-0.05, 0) is 19.1 Å². The van der Waals surface area contributed by atoms with Crippen molar-refractivity contribution in [3.8, 4) is 5.88 Å². The van der Waals surface area contributed by atoms with Gasteiger partial charge in [-0.15, -0.1) is 11.8 Å². The molecule has 0 saturated heterocycles. The van der Waals surface area contributed by atoms with Crippen molar-refractivity contribution in [3.63, 3.8) is 0 Å². The lowest BCUT2D eigenvalue weighted by molar-refractivity contribution is -0.118. The molecule has 1 heterocycles. The molecule has 0 aliphatic carbocycles. The topological polar surface area (TPSA) is 105 Å². The molecule has 2 aromatic rings. The monoisotopic (exact) mass is 361 g/mol. The summed E-state index contributed by atoms with van der Waals surface area (Å²) in [5.74, 6) is 0.448. The smallest absolute Gasteiger partial charge is 0.248 e. The molecule has 0 radical (unpaired) electrons. The number of hydrogen-bond acceptors (Lipinski definition) is 7. The van der Waals surface area contributed by atoms with Gasteiger partial charge in [-0.25, -0.2) is 4.98 Å². The first-order valence-corrected chi connectivity index (χ1v) is 8.58. The number of aromatic nitrogens is 2. The van der Waals surface area contributed by atoms with Crippen molar-refractivity contribution in [2.75, 3.05) is 29.4 Å². The van der Waals surface area contributed by atoms with E-state index in [4.69, 9.17) is 4.74 Å². The van der Waals surface area contributed by atoms with Crippen molar-refractivity contribution in [2.45, 2.75) is 6.92 Å². The molecule has 0 aliphatic rings. The Morgan fingerprint density at radius 3 is 2.56 bits per heavy atom. The van der Waals surface area contributed by atoms with E-state index in [1.165, 1.54) is 25.1 Å². The fourth-order valence-electron chi connectivity index (χ4n) is 1.75. The molecule has 25 heavy (non-hydrogen) atoms. The maximum absolute atomic E-state index is 11.8. The molecule has 1 aromatic heterocycles. The van der Waals surface area contributed by atoms with Crippen LogP contribution in [0.2, 0.25) is 0 Å². The maximum Gasteiger partial charge on any atom is 0.248 e. The number of rotatable bonds is 8. The molecule has 0 unspecified atom stereocenters. The zero-order valence-corrected chi connectivity index (χ0v) is 14.7. The van der Waals surface area contributed by atoms with Crippen LogP contribution in [0.25, 0.3) is 0 Å². The fourth-order valence-corrected chi connectivity index (χ4v) is 2.37. The van der Waals surface area contributed by atoms with Crippen molar-refractivity contribution < 1.29 is 14.3 Å². The number of amides is 2. The van der Waals surface area contributed by atoms with Crippen LogP contribution in [0, 0.1) is 6.92 Å². The average Bonchev–Trinajstić information content (AvgIpc) is 2.62. The zero-order chi connectivity index (χ0) is 18.1. The molecule has 8 nitrogen and oxygen atoms in total. The van der Waals surface area contributed by atoms with Crippen LogP contribution in [0.1, 0.15) is 5.56 Å². The van der Waals surface area contributed by atoms with Crippen LogP contribution < -0.4 is 20.9 Å². The predicted octanol–water partition coefficient (Wildman–Crippen LogP) is 1.61. The normalized spacial score (nSPS) is 10.0. The van der Waals surface area contributed by atoms with Gasteiger partial charge in [0, 0.05) is 18.0 Å². The predicted molar refractivity (Wildman–Crippen MR) is 97.5 cm³/mol. The van der Waals surface area contributed by atoms with Crippen LogP contribution in [0.4, 0.5) is 11.6 Å². The summed E-state index contributed by atoms with van der Waals surface area (Å²) < 4.78 is 4.96. The molecule has 3 N–H and O–H groups in total. The standard InChI is InChI=1S/C16H19N5O3S/c1-11-3-5-12(6-4-11)18-13(22)9-25-10-14(23)20-21-16-17-8-7-15(19-16)24-2/h3-8H,9-10H2,1-2H3,(H,18,22)(H,20,23)(H,17,19,21). The number of aryl methyl sites for hydroxylation is 1. The Bertz CT molecular complexity index is 724. The average molecular weight is 361 g/mol. The van der Waals surface area contributed by atoms with Gasteiger partial charge in [-0.3, -0.25) is 20.4 Å². The van der Waals surface area contributed by atoms with E-state index >= 15 is 0 Å². The summed E-state index contributed by atoms with van der Waals surface area (Å²) in [4.78, 5) is 31.5. The summed E-state index contributed by atoms with van der Waals surface area (Å²) >= 11 is 1.21. The van der Waals surface area contributed by atoms with Gasteiger partial charge in [-0.1, -0.05) is 17.7 Å². The lowest BCUT2D eigenvalue weighted by atomic mass is 10.2. The highest BCUT2D eigenvalue weighted by Crippen LogP contribution is 2.10. The quantitative estimate of drug-likeness (QED) is 0.613. The second kappa shape index (κ2) is 9.48. The molecule has 2 rings (SSSR count). The SMILES string of the molecule is COc1ccnc(NNC(=O)CSCC(=O)Nc2ccc(C)cc2)n1. The number of anilines is 2. The molecule has 0 aliphatic heterocycles. The van der Waals surface area contributed by atoms with Crippen molar-refractivity contribution in [3.05, 3.63) is 42.1 Å². The maximum atomic E-state index is 11.8. The van der Waals surface area contributed by atoms with Gasteiger partial charge in [0.2, 0.25) is 23.6 Å². The van der Waals surface area contributed by atoms with Gasteiger partial charge in [0.1, 0.15) is 0 Å². The molecule has 0 bridgehead atoms. The Hall–Kier alpha value is -2.81. The third-order valence-electron chi connectivity index (χ3n) is 2.95. The Morgan fingerprint density at radius 2 is 1.84 bits per heavy atom. The number of hydrogen-bond donors (Lipinski definition) is 3. The summed E-state index contributed by atoms with van der Waals surface area (Å²) in [6.45, 7) is 1.98. The highest BCUT2D eigenvalue weighted by atomic mass is 32.2. The van der Waals surface area contributed by atoms with E-state index in [-0.39, 0.29) is 29.3 Å². The molecule has 2 amide bonds. The van der Waals surface area contributed by atoms with Crippen LogP contribution in [-0.4, -0.2) is 40.4 Å². The van der Waals surface area contributed by atoms with Crippen molar-refractivity contribution in [2.24, 2.45) is 0 Å². The minimum Gasteiger partial charge on any atom is -0.481 e. The van der Waals surface area contributed by atoms with Gasteiger partial charge >= 0.3 is 0 Å². The third-order valence-corrected chi connectivity index (χ3v) is 3.89. The van der Waals surface area contributed by atoms with Crippen LogP contribution >= 0.6 is 11.8 Å². The van der Waals surface area contributed by atoms with Crippen LogP contribution in [0.3, 0.4) is 0 Å². The summed E-state index contributed by atoms with van der Waals surface area (Å²) in [6.07, 6.45) is 1.50. The van der Waals surface area contributed by atoms with E-state index in [2.05, 4.69) is 26.1 Å². The van der Waals surface area contributed by atoms with Gasteiger partial charge in [-0.2, -0.15) is 4.98 Å². The molecule has 0 spiro atoms. The summed E-state index contributed by atoms with van der Waals surface area (Å²) in [7, 11) is 1.49. The van der Waals surface area contributed by atoms with E-state index in [1.54, 1.807) is 6.07 Å². The Morgan fingerprint density at radius 1 is 1.12 bits per heavy atom. The minimum absolute atomic E-state index is 0.123. The largest absolute Gasteiger partial charge is 0.481 e. The number of benzene rings is 1. The number of nitrogens with one attached hydrogen (secondary N) is 3. The summed E-state index contributed by atoms with van der Waals surface area (Å²) in [5, 5.41) is 2.77. The molecule has 0 saturated carbocycles. The number of carbonyl (C=O) groups excluding carboxylic acids is 2. The van der Waals surface area contributed by atoms with E-state index in [0.717, 1.165) is 11.3 Å².